The van der Waals surface area contributed by atoms with E-state index in [1.54, 1.807) is 6.20 Å². The van der Waals surface area contributed by atoms with Gasteiger partial charge in [0.1, 0.15) is 0 Å². The largest absolute Gasteiger partial charge is 0.326 e. The van der Waals surface area contributed by atoms with E-state index in [9.17, 15) is 0 Å². The van der Waals surface area contributed by atoms with Crippen molar-refractivity contribution in [2.45, 2.75) is 13.5 Å². The maximum atomic E-state index is 6.01. The SMILES string of the molecule is Cc1cc(-c2cc(Cl)ccc2CN)ccn1. The first-order valence-electron chi connectivity index (χ1n) is 5.12. The summed E-state index contributed by atoms with van der Waals surface area (Å²) in [5.41, 5.74) is 9.99. The highest BCUT2D eigenvalue weighted by atomic mass is 35.5. The lowest BCUT2D eigenvalue weighted by molar-refractivity contribution is 1.07. The first-order chi connectivity index (χ1) is 7.70. The molecule has 0 atom stereocenters. The van der Waals surface area contributed by atoms with Gasteiger partial charge in [-0.3, -0.25) is 4.98 Å². The van der Waals surface area contributed by atoms with Crippen LogP contribution in [0.15, 0.2) is 36.5 Å². The van der Waals surface area contributed by atoms with Crippen molar-refractivity contribution in [3.05, 3.63) is 52.8 Å². The fourth-order valence-electron chi connectivity index (χ4n) is 1.71. The molecule has 0 saturated heterocycles. The van der Waals surface area contributed by atoms with Crippen LogP contribution in [-0.4, -0.2) is 4.98 Å². The van der Waals surface area contributed by atoms with Gasteiger partial charge in [-0.1, -0.05) is 17.7 Å². The van der Waals surface area contributed by atoms with Gasteiger partial charge in [-0.2, -0.15) is 0 Å². The number of rotatable bonds is 2. The summed E-state index contributed by atoms with van der Waals surface area (Å²) in [6.45, 7) is 2.48. The lowest BCUT2D eigenvalue weighted by Crippen LogP contribution is -1.99. The van der Waals surface area contributed by atoms with Crippen molar-refractivity contribution < 1.29 is 0 Å². The molecule has 0 amide bonds. The average molecular weight is 233 g/mol. The zero-order chi connectivity index (χ0) is 11.5. The second-order valence-corrected chi connectivity index (χ2v) is 4.13. The number of halogens is 1. The van der Waals surface area contributed by atoms with Crippen molar-refractivity contribution in [2.75, 3.05) is 0 Å². The Bertz CT molecular complexity index is 509. The van der Waals surface area contributed by atoms with Gasteiger partial charge in [0.25, 0.3) is 0 Å². The Morgan fingerprint density at radius 2 is 2.06 bits per heavy atom. The molecule has 0 spiro atoms. The van der Waals surface area contributed by atoms with Crippen LogP contribution in [0.2, 0.25) is 5.02 Å². The molecule has 0 fully saturated rings. The van der Waals surface area contributed by atoms with Crippen LogP contribution in [0.1, 0.15) is 11.3 Å². The molecule has 0 unspecified atom stereocenters. The Morgan fingerprint density at radius 3 is 2.75 bits per heavy atom. The second-order valence-electron chi connectivity index (χ2n) is 3.69. The summed E-state index contributed by atoms with van der Waals surface area (Å²) in [5, 5.41) is 0.724. The second kappa shape index (κ2) is 4.64. The molecule has 1 heterocycles. The van der Waals surface area contributed by atoms with Gasteiger partial charge in [-0.05, 0) is 47.9 Å². The van der Waals surface area contributed by atoms with E-state index < -0.39 is 0 Å². The third-order valence-corrected chi connectivity index (χ3v) is 2.73. The van der Waals surface area contributed by atoms with Gasteiger partial charge >= 0.3 is 0 Å². The van der Waals surface area contributed by atoms with Crippen LogP contribution in [0.5, 0.6) is 0 Å². The molecule has 0 aliphatic carbocycles. The van der Waals surface area contributed by atoms with Crippen LogP contribution >= 0.6 is 11.6 Å². The van der Waals surface area contributed by atoms with Gasteiger partial charge in [0.05, 0.1) is 0 Å². The maximum Gasteiger partial charge on any atom is 0.0412 e. The van der Waals surface area contributed by atoms with Gasteiger partial charge in [0.2, 0.25) is 0 Å². The quantitative estimate of drug-likeness (QED) is 0.864. The molecule has 3 heteroatoms. The van der Waals surface area contributed by atoms with Gasteiger partial charge < -0.3 is 5.73 Å². The van der Waals surface area contributed by atoms with Crippen LogP contribution in [0, 0.1) is 6.92 Å². The highest BCUT2D eigenvalue weighted by Crippen LogP contribution is 2.26. The Kier molecular flexibility index (Phi) is 3.22. The summed E-state index contributed by atoms with van der Waals surface area (Å²) in [6.07, 6.45) is 1.80. The Labute approximate surface area is 100 Å². The zero-order valence-electron chi connectivity index (χ0n) is 9.07. The minimum atomic E-state index is 0.508. The zero-order valence-corrected chi connectivity index (χ0v) is 9.83. The monoisotopic (exact) mass is 232 g/mol. The van der Waals surface area contributed by atoms with Gasteiger partial charge in [-0.15, -0.1) is 0 Å². The molecule has 2 aromatic rings. The minimum absolute atomic E-state index is 0.508. The maximum absolute atomic E-state index is 6.01. The number of nitrogens with zero attached hydrogens (tertiary/aromatic N) is 1. The van der Waals surface area contributed by atoms with Crippen molar-refractivity contribution in [1.29, 1.82) is 0 Å². The highest BCUT2D eigenvalue weighted by Gasteiger charge is 2.05. The van der Waals surface area contributed by atoms with Crippen LogP contribution in [0.3, 0.4) is 0 Å². The van der Waals surface area contributed by atoms with Crippen molar-refractivity contribution in [3.8, 4) is 11.1 Å². The fourth-order valence-corrected chi connectivity index (χ4v) is 1.88. The van der Waals surface area contributed by atoms with E-state index in [1.807, 2.05) is 37.3 Å². The number of hydrogen-bond donors (Lipinski definition) is 1. The predicted molar refractivity (Wildman–Crippen MR) is 67.3 cm³/mol. The smallest absolute Gasteiger partial charge is 0.0412 e. The van der Waals surface area contributed by atoms with E-state index in [1.165, 1.54) is 0 Å². The Hall–Kier alpha value is -1.38. The summed E-state index contributed by atoms with van der Waals surface area (Å²) in [7, 11) is 0. The molecule has 0 bridgehead atoms. The first kappa shape index (κ1) is 11.1. The lowest BCUT2D eigenvalue weighted by Gasteiger charge is -2.09. The topological polar surface area (TPSA) is 38.9 Å². The van der Waals surface area contributed by atoms with Gasteiger partial charge in [0.15, 0.2) is 0 Å². The Morgan fingerprint density at radius 1 is 1.25 bits per heavy atom. The molecular weight excluding hydrogens is 220 g/mol. The number of benzene rings is 1. The summed E-state index contributed by atoms with van der Waals surface area (Å²) < 4.78 is 0. The van der Waals surface area contributed by atoms with E-state index in [0.29, 0.717) is 6.54 Å². The number of aryl methyl sites for hydroxylation is 1. The number of hydrogen-bond acceptors (Lipinski definition) is 2. The lowest BCUT2D eigenvalue weighted by atomic mass is 10.00. The molecule has 0 saturated carbocycles. The summed E-state index contributed by atoms with van der Waals surface area (Å²) in [4.78, 5) is 4.18. The molecule has 16 heavy (non-hydrogen) atoms. The molecule has 82 valence electrons. The van der Waals surface area contributed by atoms with Crippen molar-refractivity contribution in [3.63, 3.8) is 0 Å². The van der Waals surface area contributed by atoms with E-state index in [2.05, 4.69) is 4.98 Å². The van der Waals surface area contributed by atoms with Crippen molar-refractivity contribution in [2.24, 2.45) is 5.73 Å². The van der Waals surface area contributed by atoms with E-state index in [0.717, 1.165) is 27.4 Å². The standard InChI is InChI=1S/C13H13ClN2/c1-9-6-10(4-5-16-9)13-7-12(14)3-2-11(13)8-15/h2-7H,8,15H2,1H3. The van der Waals surface area contributed by atoms with Crippen molar-refractivity contribution >= 4 is 11.6 Å². The molecule has 2 rings (SSSR count). The molecule has 2 N–H and O–H groups in total. The van der Waals surface area contributed by atoms with E-state index in [-0.39, 0.29) is 0 Å². The number of aromatic nitrogens is 1. The van der Waals surface area contributed by atoms with E-state index in [4.69, 9.17) is 17.3 Å². The fraction of sp³-hybridized carbons (Fsp3) is 0.154. The highest BCUT2D eigenvalue weighted by molar-refractivity contribution is 6.30. The van der Waals surface area contributed by atoms with Gasteiger partial charge in [-0.25, -0.2) is 0 Å². The van der Waals surface area contributed by atoms with Crippen LogP contribution < -0.4 is 5.73 Å². The minimum Gasteiger partial charge on any atom is -0.326 e. The molecule has 1 aromatic carbocycles. The summed E-state index contributed by atoms with van der Waals surface area (Å²) >= 11 is 6.01. The average Bonchev–Trinajstić information content (AvgIpc) is 2.29. The summed E-state index contributed by atoms with van der Waals surface area (Å²) in [6, 6.07) is 9.77. The van der Waals surface area contributed by atoms with Crippen LogP contribution in [0.4, 0.5) is 0 Å². The molecular formula is C13H13ClN2. The molecule has 0 aliphatic heterocycles. The molecule has 2 nitrogen and oxygen atoms in total. The van der Waals surface area contributed by atoms with Crippen LogP contribution in [-0.2, 0) is 6.54 Å². The number of nitrogens with two attached hydrogens (primary N) is 1. The van der Waals surface area contributed by atoms with Gasteiger partial charge in [0, 0.05) is 23.5 Å². The number of pyridine rings is 1. The van der Waals surface area contributed by atoms with Crippen molar-refractivity contribution in [1.82, 2.24) is 4.98 Å². The summed E-state index contributed by atoms with van der Waals surface area (Å²) in [5.74, 6) is 0. The van der Waals surface area contributed by atoms with E-state index >= 15 is 0 Å². The predicted octanol–water partition coefficient (Wildman–Crippen LogP) is 3.17. The third kappa shape index (κ3) is 2.23. The van der Waals surface area contributed by atoms with Crippen LogP contribution in [0.25, 0.3) is 11.1 Å². The molecule has 0 radical (unpaired) electrons. The molecule has 1 aromatic heterocycles. The molecule has 0 aliphatic rings. The normalized spacial score (nSPS) is 10.4. The third-order valence-electron chi connectivity index (χ3n) is 2.50. The first-order valence-corrected chi connectivity index (χ1v) is 5.50. The Balaban J connectivity index is 2.58.